The van der Waals surface area contributed by atoms with Crippen LogP contribution < -0.4 is 5.73 Å². The third-order valence-electron chi connectivity index (χ3n) is 3.47. The van der Waals surface area contributed by atoms with Gasteiger partial charge < -0.3 is 30.5 Å². The molecule has 4 atom stereocenters. The predicted molar refractivity (Wildman–Crippen MR) is 73.7 cm³/mol. The van der Waals surface area contributed by atoms with Gasteiger partial charge in [-0.25, -0.2) is 19.7 Å². The summed E-state index contributed by atoms with van der Waals surface area (Å²) in [6.07, 6.45) is -2.86. The van der Waals surface area contributed by atoms with Crippen molar-refractivity contribution in [1.29, 1.82) is 0 Å². The van der Waals surface area contributed by atoms with Crippen molar-refractivity contribution in [3.63, 3.8) is 0 Å². The van der Waals surface area contributed by atoms with Crippen LogP contribution in [0.15, 0.2) is 12.7 Å². The average Bonchev–Trinajstić information content (AvgIpc) is 3.09. The van der Waals surface area contributed by atoms with Gasteiger partial charge in [0, 0.05) is 0 Å². The van der Waals surface area contributed by atoms with Gasteiger partial charge in [-0.15, -0.1) is 0 Å². The number of nitrogens with two attached hydrogens (primary N) is 1. The molecule has 23 heavy (non-hydrogen) atoms. The third kappa shape index (κ3) is 2.59. The van der Waals surface area contributed by atoms with E-state index in [0.717, 1.165) is 0 Å². The van der Waals surface area contributed by atoms with E-state index in [1.165, 1.54) is 17.2 Å². The summed E-state index contributed by atoms with van der Waals surface area (Å²) < 4.78 is 11.5. The first-order chi connectivity index (χ1) is 11.0. The van der Waals surface area contributed by atoms with E-state index < -0.39 is 30.5 Å². The number of aliphatic hydroxyl groups excluding tert-OH is 3. The molecule has 1 aliphatic heterocycles. The summed E-state index contributed by atoms with van der Waals surface area (Å²) in [5.74, 6) is -0.729. The summed E-state index contributed by atoms with van der Waals surface area (Å²) in [5, 5.41) is 28.8. The Labute approximate surface area is 129 Å². The molecule has 2 aromatic heterocycles. The predicted octanol–water partition coefficient (Wildman–Crippen LogP) is -2.44. The fraction of sp³-hybridized carbons (Fsp3) is 0.500. The van der Waals surface area contributed by atoms with Crippen molar-refractivity contribution in [3.05, 3.63) is 12.7 Å². The Hall–Kier alpha value is -2.34. The minimum absolute atomic E-state index is 0.153. The SMILES string of the molecule is Nc1ncnc2c1ncn2[C@@H]1O[C@@H](C(=O)OCCO)[C@@H](O)[C@@H]1O. The van der Waals surface area contributed by atoms with Gasteiger partial charge in [0.2, 0.25) is 0 Å². The number of fused-ring (bicyclic) bond motifs is 1. The first kappa shape index (κ1) is 15.6. The second kappa shape index (κ2) is 6.04. The van der Waals surface area contributed by atoms with Crippen molar-refractivity contribution >= 4 is 23.0 Å². The molecule has 3 heterocycles. The molecule has 0 radical (unpaired) electrons. The van der Waals surface area contributed by atoms with E-state index in [4.69, 9.17) is 20.3 Å². The molecule has 1 saturated heterocycles. The molecule has 0 bridgehead atoms. The molecule has 1 aliphatic rings. The molecule has 0 aliphatic carbocycles. The largest absolute Gasteiger partial charge is 0.461 e. The number of aromatic nitrogens is 4. The smallest absolute Gasteiger partial charge is 0.338 e. The van der Waals surface area contributed by atoms with Gasteiger partial charge in [-0.3, -0.25) is 4.57 Å². The summed E-state index contributed by atoms with van der Waals surface area (Å²) in [6.45, 7) is -0.590. The lowest BCUT2D eigenvalue weighted by Gasteiger charge is -2.16. The Kier molecular flexibility index (Phi) is 4.09. The molecule has 3 rings (SSSR count). The van der Waals surface area contributed by atoms with E-state index in [9.17, 15) is 15.0 Å². The second-order valence-corrected chi connectivity index (χ2v) is 4.90. The van der Waals surface area contributed by atoms with Gasteiger partial charge in [0.05, 0.1) is 12.9 Å². The average molecular weight is 325 g/mol. The lowest BCUT2D eigenvalue weighted by molar-refractivity contribution is -0.162. The standard InChI is InChI=1S/C12H15N5O6/c13-9-5-10(15-3-14-9)17(4-16-5)11-7(20)6(19)8(23-11)12(21)22-2-1-18/h3-4,6-8,11,18-20H,1-2H2,(H2,13,14,15)/t6-,7-,8+,11+/m0/s1. The quantitative estimate of drug-likeness (QED) is 0.444. The minimum Gasteiger partial charge on any atom is -0.461 e. The van der Waals surface area contributed by atoms with Crippen LogP contribution in [0, 0.1) is 0 Å². The van der Waals surface area contributed by atoms with Crippen molar-refractivity contribution in [2.45, 2.75) is 24.5 Å². The van der Waals surface area contributed by atoms with Crippen LogP contribution in [0.2, 0.25) is 0 Å². The van der Waals surface area contributed by atoms with Gasteiger partial charge in [0.15, 0.2) is 23.8 Å². The number of hydrogen-bond donors (Lipinski definition) is 4. The molecule has 11 nitrogen and oxygen atoms in total. The van der Waals surface area contributed by atoms with Gasteiger partial charge in [-0.05, 0) is 0 Å². The van der Waals surface area contributed by atoms with E-state index >= 15 is 0 Å². The first-order valence-electron chi connectivity index (χ1n) is 6.76. The highest BCUT2D eigenvalue weighted by molar-refractivity contribution is 5.81. The van der Waals surface area contributed by atoms with Crippen molar-refractivity contribution < 1.29 is 29.6 Å². The summed E-state index contributed by atoms with van der Waals surface area (Å²) in [4.78, 5) is 23.6. The van der Waals surface area contributed by atoms with Gasteiger partial charge >= 0.3 is 5.97 Å². The number of carbonyl (C=O) groups is 1. The molecular formula is C12H15N5O6. The summed E-state index contributed by atoms with van der Waals surface area (Å²) in [7, 11) is 0. The molecular weight excluding hydrogens is 310 g/mol. The fourth-order valence-corrected chi connectivity index (χ4v) is 2.37. The molecule has 2 aromatic rings. The van der Waals surface area contributed by atoms with Crippen LogP contribution in [0.25, 0.3) is 11.2 Å². The van der Waals surface area contributed by atoms with E-state index in [0.29, 0.717) is 5.52 Å². The van der Waals surface area contributed by atoms with Gasteiger partial charge in [-0.2, -0.15) is 0 Å². The Morgan fingerprint density at radius 2 is 2.13 bits per heavy atom. The van der Waals surface area contributed by atoms with Crippen molar-refractivity contribution in [3.8, 4) is 0 Å². The molecule has 0 saturated carbocycles. The number of ether oxygens (including phenoxy) is 2. The van der Waals surface area contributed by atoms with Crippen LogP contribution in [-0.2, 0) is 14.3 Å². The summed E-state index contributed by atoms with van der Waals surface area (Å²) in [5.41, 5.74) is 6.28. The Balaban J connectivity index is 1.88. The number of esters is 1. The highest BCUT2D eigenvalue weighted by Gasteiger charge is 2.48. The number of hydrogen-bond acceptors (Lipinski definition) is 10. The molecule has 0 unspecified atom stereocenters. The van der Waals surface area contributed by atoms with Crippen LogP contribution in [0.1, 0.15) is 6.23 Å². The van der Waals surface area contributed by atoms with E-state index in [1.807, 2.05) is 0 Å². The number of anilines is 1. The van der Waals surface area contributed by atoms with Crippen LogP contribution in [0.5, 0.6) is 0 Å². The highest BCUT2D eigenvalue weighted by atomic mass is 16.6. The van der Waals surface area contributed by atoms with Gasteiger partial charge in [0.25, 0.3) is 0 Å². The zero-order valence-electron chi connectivity index (χ0n) is 11.8. The molecule has 0 aromatic carbocycles. The van der Waals surface area contributed by atoms with Gasteiger partial charge in [0.1, 0.15) is 30.7 Å². The summed E-state index contributed by atoms with van der Waals surface area (Å²) in [6, 6.07) is 0. The Bertz CT molecular complexity index is 721. The highest BCUT2D eigenvalue weighted by Crippen LogP contribution is 2.32. The van der Waals surface area contributed by atoms with Crippen LogP contribution in [0.3, 0.4) is 0 Å². The number of imidazole rings is 1. The fourth-order valence-electron chi connectivity index (χ4n) is 2.37. The van der Waals surface area contributed by atoms with Crippen LogP contribution in [-0.4, -0.2) is 72.3 Å². The second-order valence-electron chi connectivity index (χ2n) is 4.90. The first-order valence-corrected chi connectivity index (χ1v) is 6.76. The monoisotopic (exact) mass is 325 g/mol. The zero-order chi connectivity index (χ0) is 16.6. The van der Waals surface area contributed by atoms with E-state index in [2.05, 4.69) is 15.0 Å². The number of nitrogens with zero attached hydrogens (tertiary/aromatic N) is 4. The summed E-state index contributed by atoms with van der Waals surface area (Å²) >= 11 is 0. The number of rotatable bonds is 4. The molecule has 1 fully saturated rings. The molecule has 11 heteroatoms. The van der Waals surface area contributed by atoms with Crippen molar-refractivity contribution in [2.24, 2.45) is 0 Å². The maximum Gasteiger partial charge on any atom is 0.338 e. The Morgan fingerprint density at radius 1 is 1.35 bits per heavy atom. The molecule has 0 amide bonds. The normalized spacial score (nSPS) is 27.4. The van der Waals surface area contributed by atoms with E-state index in [-0.39, 0.29) is 24.7 Å². The topological polar surface area (TPSA) is 166 Å². The van der Waals surface area contributed by atoms with E-state index in [1.54, 1.807) is 0 Å². The lowest BCUT2D eigenvalue weighted by atomic mass is 10.1. The number of carbonyl (C=O) groups excluding carboxylic acids is 1. The Morgan fingerprint density at radius 3 is 2.87 bits per heavy atom. The number of aliphatic hydroxyl groups is 3. The maximum absolute atomic E-state index is 11.8. The van der Waals surface area contributed by atoms with Crippen molar-refractivity contribution in [2.75, 3.05) is 18.9 Å². The van der Waals surface area contributed by atoms with Crippen molar-refractivity contribution in [1.82, 2.24) is 19.5 Å². The maximum atomic E-state index is 11.8. The molecule has 0 spiro atoms. The molecule has 5 N–H and O–H groups in total. The van der Waals surface area contributed by atoms with Crippen LogP contribution in [0.4, 0.5) is 5.82 Å². The minimum atomic E-state index is -1.50. The molecule has 124 valence electrons. The number of nitrogen functional groups attached to an aromatic ring is 1. The lowest BCUT2D eigenvalue weighted by Crippen LogP contribution is -2.37. The zero-order valence-corrected chi connectivity index (χ0v) is 11.8. The third-order valence-corrected chi connectivity index (χ3v) is 3.47. The van der Waals surface area contributed by atoms with Gasteiger partial charge in [-0.1, -0.05) is 0 Å². The van der Waals surface area contributed by atoms with Crippen LogP contribution >= 0.6 is 0 Å².